The molecule has 3 N–H and O–H groups in total. The van der Waals surface area contributed by atoms with E-state index in [0.717, 1.165) is 24.5 Å². The van der Waals surface area contributed by atoms with E-state index in [4.69, 9.17) is 10.6 Å². The number of hydrazine groups is 1. The summed E-state index contributed by atoms with van der Waals surface area (Å²) in [6.45, 7) is 2.25. The van der Waals surface area contributed by atoms with Crippen molar-refractivity contribution in [1.29, 1.82) is 0 Å². The molecule has 1 unspecified atom stereocenters. The normalized spacial score (nSPS) is 17.0. The molecule has 1 atom stereocenters. The van der Waals surface area contributed by atoms with Gasteiger partial charge in [-0.15, -0.1) is 0 Å². The maximum absolute atomic E-state index is 13.8. The average molecular weight is 254 g/mol. The second-order valence-corrected chi connectivity index (χ2v) is 4.39. The smallest absolute Gasteiger partial charge is 0.131 e. The fraction of sp³-hybridized carbons (Fsp3) is 0.385. The number of ether oxygens (including phenoxy) is 1. The van der Waals surface area contributed by atoms with Gasteiger partial charge in [0.1, 0.15) is 11.6 Å². The van der Waals surface area contributed by atoms with Gasteiger partial charge in [-0.05, 0) is 37.0 Å². The Labute approximate surface area is 105 Å². The molecule has 1 aliphatic heterocycles. The quantitative estimate of drug-likeness (QED) is 0.643. The van der Waals surface area contributed by atoms with E-state index in [-0.39, 0.29) is 0 Å². The molecule has 0 aliphatic carbocycles. The summed E-state index contributed by atoms with van der Waals surface area (Å²) in [7, 11) is 0. The third-order valence-electron chi connectivity index (χ3n) is 3.09. The molecule has 0 aromatic heterocycles. The van der Waals surface area contributed by atoms with Crippen LogP contribution in [0, 0.1) is 18.6 Å². The van der Waals surface area contributed by atoms with E-state index in [1.54, 1.807) is 13.2 Å². The van der Waals surface area contributed by atoms with Gasteiger partial charge in [-0.3, -0.25) is 5.84 Å². The predicted molar refractivity (Wildman–Crippen MR) is 64.4 cm³/mol. The number of rotatable bonds is 3. The Morgan fingerprint density at radius 3 is 2.72 bits per heavy atom. The Balaban J connectivity index is 2.38. The summed E-state index contributed by atoms with van der Waals surface area (Å²) in [5, 5.41) is 0. The molecule has 0 fully saturated rings. The SMILES string of the molecule is Cc1cc(C(NN)C2=COCCC2)c(F)cc1F. The van der Waals surface area contributed by atoms with E-state index >= 15 is 0 Å². The molecule has 98 valence electrons. The van der Waals surface area contributed by atoms with Crippen molar-refractivity contribution in [2.45, 2.75) is 25.8 Å². The van der Waals surface area contributed by atoms with Gasteiger partial charge >= 0.3 is 0 Å². The van der Waals surface area contributed by atoms with Crippen LogP contribution in [0.3, 0.4) is 0 Å². The van der Waals surface area contributed by atoms with Gasteiger partial charge in [0.2, 0.25) is 0 Å². The third-order valence-corrected chi connectivity index (χ3v) is 3.09. The van der Waals surface area contributed by atoms with Gasteiger partial charge in [0, 0.05) is 11.6 Å². The molecule has 0 saturated carbocycles. The second-order valence-electron chi connectivity index (χ2n) is 4.39. The van der Waals surface area contributed by atoms with E-state index in [2.05, 4.69) is 5.43 Å². The summed E-state index contributed by atoms with van der Waals surface area (Å²) in [5.74, 6) is 4.33. The van der Waals surface area contributed by atoms with Crippen LogP contribution in [0.15, 0.2) is 24.0 Å². The van der Waals surface area contributed by atoms with Crippen molar-refractivity contribution in [1.82, 2.24) is 5.43 Å². The molecule has 18 heavy (non-hydrogen) atoms. The molecule has 0 amide bonds. The monoisotopic (exact) mass is 254 g/mol. The Kier molecular flexibility index (Phi) is 3.93. The number of benzene rings is 1. The highest BCUT2D eigenvalue weighted by atomic mass is 19.1. The van der Waals surface area contributed by atoms with Crippen LogP contribution in [0.2, 0.25) is 0 Å². The molecule has 3 nitrogen and oxygen atoms in total. The van der Waals surface area contributed by atoms with Gasteiger partial charge in [0.05, 0.1) is 18.9 Å². The van der Waals surface area contributed by atoms with Crippen LogP contribution in [-0.4, -0.2) is 6.61 Å². The Morgan fingerprint density at radius 1 is 1.33 bits per heavy atom. The molecule has 1 heterocycles. The first kappa shape index (κ1) is 13.0. The maximum atomic E-state index is 13.8. The molecule has 0 radical (unpaired) electrons. The number of hydrogen-bond donors (Lipinski definition) is 2. The summed E-state index contributed by atoms with van der Waals surface area (Å²) >= 11 is 0. The molecule has 0 bridgehead atoms. The zero-order chi connectivity index (χ0) is 13.1. The van der Waals surface area contributed by atoms with E-state index in [1.165, 1.54) is 6.07 Å². The minimum absolute atomic E-state index is 0.341. The lowest BCUT2D eigenvalue weighted by Gasteiger charge is -2.23. The highest BCUT2D eigenvalue weighted by Gasteiger charge is 2.22. The second kappa shape index (κ2) is 5.46. The van der Waals surface area contributed by atoms with Crippen LogP contribution >= 0.6 is 0 Å². The zero-order valence-electron chi connectivity index (χ0n) is 10.2. The molecule has 0 spiro atoms. The van der Waals surface area contributed by atoms with Gasteiger partial charge in [-0.25, -0.2) is 14.2 Å². The van der Waals surface area contributed by atoms with E-state index < -0.39 is 17.7 Å². The Hall–Kier alpha value is -1.46. The Bertz CT molecular complexity index is 474. The molecular weight excluding hydrogens is 238 g/mol. The highest BCUT2D eigenvalue weighted by Crippen LogP contribution is 2.29. The number of halogens is 2. The maximum Gasteiger partial charge on any atom is 0.131 e. The molecule has 1 aromatic carbocycles. The summed E-state index contributed by atoms with van der Waals surface area (Å²) in [6.07, 6.45) is 3.25. The molecule has 1 aromatic rings. The van der Waals surface area contributed by atoms with Crippen LogP contribution in [0.25, 0.3) is 0 Å². The van der Waals surface area contributed by atoms with Crippen molar-refractivity contribution < 1.29 is 13.5 Å². The number of nitrogens with one attached hydrogen (secondary N) is 1. The fourth-order valence-electron chi connectivity index (χ4n) is 2.09. The van der Waals surface area contributed by atoms with E-state index in [0.29, 0.717) is 17.7 Å². The van der Waals surface area contributed by atoms with Crippen LogP contribution in [0.4, 0.5) is 8.78 Å². The lowest BCUT2D eigenvalue weighted by atomic mass is 9.94. The topological polar surface area (TPSA) is 47.3 Å². The van der Waals surface area contributed by atoms with Gasteiger partial charge in [-0.2, -0.15) is 0 Å². The van der Waals surface area contributed by atoms with Crippen LogP contribution in [-0.2, 0) is 4.74 Å². The van der Waals surface area contributed by atoms with Crippen molar-refractivity contribution >= 4 is 0 Å². The van der Waals surface area contributed by atoms with E-state index in [1.807, 2.05) is 0 Å². The van der Waals surface area contributed by atoms with Gasteiger partial charge < -0.3 is 4.74 Å². The van der Waals surface area contributed by atoms with Crippen LogP contribution in [0.1, 0.15) is 30.0 Å². The van der Waals surface area contributed by atoms with Crippen LogP contribution < -0.4 is 11.3 Å². The minimum Gasteiger partial charge on any atom is -0.501 e. The van der Waals surface area contributed by atoms with Gasteiger partial charge in [0.15, 0.2) is 0 Å². The average Bonchev–Trinajstić information content (AvgIpc) is 2.38. The largest absolute Gasteiger partial charge is 0.501 e. The highest BCUT2D eigenvalue weighted by molar-refractivity contribution is 5.33. The Morgan fingerprint density at radius 2 is 2.11 bits per heavy atom. The molecule has 5 heteroatoms. The lowest BCUT2D eigenvalue weighted by molar-refractivity contribution is 0.219. The predicted octanol–water partition coefficient (Wildman–Crippen LogP) is 2.47. The summed E-state index contributed by atoms with van der Waals surface area (Å²) < 4.78 is 32.3. The van der Waals surface area contributed by atoms with Crippen molar-refractivity contribution in [3.8, 4) is 0 Å². The molecule has 0 saturated heterocycles. The molecule has 1 aliphatic rings. The first-order valence-corrected chi connectivity index (χ1v) is 5.85. The lowest BCUT2D eigenvalue weighted by Crippen LogP contribution is -2.31. The number of hydrogen-bond acceptors (Lipinski definition) is 3. The van der Waals surface area contributed by atoms with Crippen molar-refractivity contribution in [3.63, 3.8) is 0 Å². The molecule has 2 rings (SSSR count). The first-order chi connectivity index (χ1) is 8.63. The van der Waals surface area contributed by atoms with Crippen molar-refractivity contribution in [2.24, 2.45) is 5.84 Å². The van der Waals surface area contributed by atoms with Crippen molar-refractivity contribution in [3.05, 3.63) is 46.7 Å². The molecular formula is C13H16F2N2O. The summed E-state index contributed by atoms with van der Waals surface area (Å²) in [4.78, 5) is 0. The number of nitrogens with two attached hydrogens (primary N) is 1. The van der Waals surface area contributed by atoms with Gasteiger partial charge in [0.25, 0.3) is 0 Å². The zero-order valence-corrected chi connectivity index (χ0v) is 10.2. The van der Waals surface area contributed by atoms with Crippen LogP contribution in [0.5, 0.6) is 0 Å². The van der Waals surface area contributed by atoms with E-state index in [9.17, 15) is 8.78 Å². The minimum atomic E-state index is -0.604. The fourth-order valence-corrected chi connectivity index (χ4v) is 2.09. The summed E-state index contributed by atoms with van der Waals surface area (Å²) in [6, 6.07) is 1.88. The van der Waals surface area contributed by atoms with Crippen molar-refractivity contribution in [2.75, 3.05) is 6.61 Å². The standard InChI is InChI=1S/C13H16F2N2O/c1-8-5-10(12(15)6-11(8)14)13(17-16)9-3-2-4-18-7-9/h5-7,13,17H,2-4,16H2,1H3. The number of aryl methyl sites for hydroxylation is 1. The summed E-state index contributed by atoms with van der Waals surface area (Å²) in [5.41, 5.74) is 4.17. The first-order valence-electron chi connectivity index (χ1n) is 5.85. The van der Waals surface area contributed by atoms with Gasteiger partial charge in [-0.1, -0.05) is 0 Å². The third kappa shape index (κ3) is 2.52.